The number of nitrogens with zero attached hydrogens (tertiary/aromatic N) is 7. The van der Waals surface area contributed by atoms with E-state index in [0.717, 1.165) is 14.7 Å². The molecule has 1 aliphatic rings. The first-order valence-corrected chi connectivity index (χ1v) is 30.2. The standard InChI is InChI=1S/C61H109N11O13/c1-24-26-27-38(13)51(75)50-55(79)64-42(25-2)57(81)66(17)31-46(74)70(21)49(39(14)32-73)54(78)65-47(36(9)10)60(84)67(18)43(28-33(3)4)53(77)62-40(15)52(76)63-41(16)56(80)68(19)44(29-34(5)6)58(82)69(20)45(30-35(7)8)59(83)71(22)48(37(11)12)61(85)72(50)23/h24,26,33-45,47-51,73,75H,25,27-32H2,1-23H3,(H,62,77)(H,63,76)(H,64,79)(H,65,78)/b26-24+/t38-,39-,40+,41-,42+,43+,44+,45+,47?,48?,49+,50+,51-/m1/s1. The highest BCUT2D eigenvalue weighted by Crippen LogP contribution is 2.25. The van der Waals surface area contributed by atoms with Crippen molar-refractivity contribution in [3.63, 3.8) is 0 Å². The number of hydrogen-bond acceptors (Lipinski definition) is 13. The molecule has 24 heteroatoms. The quantitative estimate of drug-likeness (QED) is 0.128. The summed E-state index contributed by atoms with van der Waals surface area (Å²) in [6.07, 6.45) is 2.74. The highest BCUT2D eigenvalue weighted by Gasteiger charge is 2.46. The van der Waals surface area contributed by atoms with Crippen LogP contribution in [0.25, 0.3) is 0 Å². The number of aliphatic hydroxyl groups excluding tert-OH is 2. The van der Waals surface area contributed by atoms with E-state index in [0.29, 0.717) is 6.42 Å². The summed E-state index contributed by atoms with van der Waals surface area (Å²) in [7, 11) is 9.67. The molecule has 24 nitrogen and oxygen atoms in total. The van der Waals surface area contributed by atoms with Crippen molar-refractivity contribution in [2.75, 3.05) is 62.5 Å². The first-order valence-electron chi connectivity index (χ1n) is 30.2. The lowest BCUT2D eigenvalue weighted by molar-refractivity contribution is -0.157. The van der Waals surface area contributed by atoms with E-state index in [4.69, 9.17) is 0 Å². The van der Waals surface area contributed by atoms with Crippen molar-refractivity contribution in [2.45, 2.75) is 209 Å². The van der Waals surface area contributed by atoms with Crippen LogP contribution in [0.5, 0.6) is 0 Å². The minimum absolute atomic E-state index is 0.0107. The Morgan fingerprint density at radius 2 is 0.941 bits per heavy atom. The number of hydrogen-bond donors (Lipinski definition) is 6. The van der Waals surface area contributed by atoms with Gasteiger partial charge in [-0.25, -0.2) is 0 Å². The number of amides is 11. The van der Waals surface area contributed by atoms with Crippen LogP contribution < -0.4 is 21.3 Å². The normalized spacial score (nSPS) is 27.2. The number of carbonyl (C=O) groups is 11. The molecular weight excluding hydrogens is 1090 g/mol. The largest absolute Gasteiger partial charge is 0.396 e. The molecule has 2 unspecified atom stereocenters. The average molecular weight is 1200 g/mol. The smallest absolute Gasteiger partial charge is 0.246 e. The van der Waals surface area contributed by atoms with Gasteiger partial charge in [-0.15, -0.1) is 0 Å². The second-order valence-electron chi connectivity index (χ2n) is 25.6. The summed E-state index contributed by atoms with van der Waals surface area (Å²) in [5.41, 5.74) is 0. The summed E-state index contributed by atoms with van der Waals surface area (Å²) in [6.45, 7) is 26.2. The van der Waals surface area contributed by atoms with Crippen molar-refractivity contribution in [3.05, 3.63) is 12.2 Å². The van der Waals surface area contributed by atoms with E-state index in [1.165, 1.54) is 89.7 Å². The van der Waals surface area contributed by atoms with Crippen molar-refractivity contribution < 1.29 is 63.0 Å². The molecule has 6 N–H and O–H groups in total. The van der Waals surface area contributed by atoms with Gasteiger partial charge in [0.25, 0.3) is 0 Å². The fraction of sp³-hybridized carbons (Fsp3) is 0.787. The van der Waals surface area contributed by atoms with Crippen LogP contribution in [-0.2, 0) is 52.7 Å². The topological polar surface area (TPSA) is 299 Å². The third-order valence-corrected chi connectivity index (χ3v) is 16.1. The Kier molecular flexibility index (Phi) is 31.5. The fourth-order valence-corrected chi connectivity index (χ4v) is 10.7. The molecule has 486 valence electrons. The molecule has 1 saturated heterocycles. The maximum atomic E-state index is 15.1. The summed E-state index contributed by atoms with van der Waals surface area (Å²) in [5.74, 6) is -11.1. The molecule has 0 aliphatic carbocycles. The third-order valence-electron chi connectivity index (χ3n) is 16.1. The summed E-state index contributed by atoms with van der Waals surface area (Å²) in [6, 6.07) is -12.9. The molecule has 0 aromatic rings. The van der Waals surface area contributed by atoms with Gasteiger partial charge in [-0.3, -0.25) is 52.7 Å². The maximum absolute atomic E-state index is 15.1. The fourth-order valence-electron chi connectivity index (χ4n) is 10.7. The lowest BCUT2D eigenvalue weighted by Gasteiger charge is -2.41. The van der Waals surface area contributed by atoms with Gasteiger partial charge in [-0.05, 0) is 88.4 Å². The van der Waals surface area contributed by atoms with Crippen molar-refractivity contribution in [1.29, 1.82) is 0 Å². The second kappa shape index (κ2) is 34.8. The average Bonchev–Trinajstić information content (AvgIpc) is 3.49. The van der Waals surface area contributed by atoms with Crippen LogP contribution in [0.4, 0.5) is 0 Å². The molecule has 0 bridgehead atoms. The zero-order valence-electron chi connectivity index (χ0n) is 55.5. The van der Waals surface area contributed by atoms with E-state index in [1.807, 2.05) is 41.5 Å². The van der Waals surface area contributed by atoms with Gasteiger partial charge >= 0.3 is 0 Å². The molecule has 1 aliphatic heterocycles. The van der Waals surface area contributed by atoms with Crippen LogP contribution in [0.2, 0.25) is 0 Å². The van der Waals surface area contributed by atoms with Crippen molar-refractivity contribution in [3.8, 4) is 0 Å². The van der Waals surface area contributed by atoms with E-state index in [2.05, 4.69) is 21.3 Å². The van der Waals surface area contributed by atoms with Gasteiger partial charge in [0.15, 0.2) is 0 Å². The van der Waals surface area contributed by atoms with Crippen LogP contribution >= 0.6 is 0 Å². The monoisotopic (exact) mass is 1200 g/mol. The summed E-state index contributed by atoms with van der Waals surface area (Å²) >= 11 is 0. The van der Waals surface area contributed by atoms with Crippen molar-refractivity contribution in [1.82, 2.24) is 55.6 Å². The van der Waals surface area contributed by atoms with Gasteiger partial charge in [0.2, 0.25) is 65.0 Å². The first-order chi connectivity index (χ1) is 39.3. The maximum Gasteiger partial charge on any atom is 0.246 e. The Labute approximate surface area is 507 Å². The third kappa shape index (κ3) is 21.0. The predicted octanol–water partition coefficient (Wildman–Crippen LogP) is 1.85. The molecule has 0 spiro atoms. The molecule has 1 rings (SSSR count). The van der Waals surface area contributed by atoms with Crippen LogP contribution in [0.15, 0.2) is 12.2 Å². The van der Waals surface area contributed by atoms with Gasteiger partial charge in [0.1, 0.15) is 60.4 Å². The molecule has 0 aromatic heterocycles. The molecular formula is C61H109N11O13. The Bertz CT molecular complexity index is 2330. The van der Waals surface area contributed by atoms with Gasteiger partial charge < -0.3 is 65.8 Å². The Morgan fingerprint density at radius 3 is 1.40 bits per heavy atom. The molecule has 85 heavy (non-hydrogen) atoms. The van der Waals surface area contributed by atoms with Gasteiger partial charge in [0, 0.05) is 61.9 Å². The number of aliphatic hydroxyl groups is 2. The molecule has 11 amide bonds. The number of nitrogens with one attached hydrogen (secondary N) is 4. The second-order valence-corrected chi connectivity index (χ2v) is 25.6. The Morgan fingerprint density at radius 1 is 0.494 bits per heavy atom. The zero-order valence-corrected chi connectivity index (χ0v) is 55.5. The Hall–Kier alpha value is -6.17. The van der Waals surface area contributed by atoms with Crippen LogP contribution in [0.1, 0.15) is 143 Å². The van der Waals surface area contributed by atoms with E-state index in [9.17, 15) is 53.4 Å². The van der Waals surface area contributed by atoms with Crippen molar-refractivity contribution >= 4 is 65.0 Å². The summed E-state index contributed by atoms with van der Waals surface area (Å²) < 4.78 is 0. The van der Waals surface area contributed by atoms with E-state index in [-0.39, 0.29) is 43.4 Å². The first kappa shape index (κ1) is 76.8. The van der Waals surface area contributed by atoms with Gasteiger partial charge in [-0.2, -0.15) is 0 Å². The number of likely N-dealkylation sites (N-methyl/N-ethyl adjacent to an activating group) is 7. The number of allylic oxidation sites excluding steroid dienone is 2. The van der Waals surface area contributed by atoms with E-state index in [1.54, 1.807) is 60.6 Å². The van der Waals surface area contributed by atoms with Gasteiger partial charge in [-0.1, -0.05) is 102 Å². The SMILES string of the molecule is C/C=C/C[C@@H](C)[C@@H](O)[C@H]1C(=O)N[C@@H](CC)C(=O)N(C)CC(=O)N(C)[C@@H]([C@H](C)CO)C(=O)NC(C(C)C)C(=O)N(C)[C@@H](CC(C)C)C(=O)N[C@@H](C)C(=O)N[C@H](C)C(=O)N(C)[C@@H](CC(C)C)C(=O)N(C)[C@@H](CC(C)C)C(=O)N(C)C(C(C)C)C(=O)N1C. The van der Waals surface area contributed by atoms with Gasteiger partial charge in [0.05, 0.1) is 12.6 Å². The molecule has 0 saturated carbocycles. The Balaban J connectivity index is 4.33. The molecule has 0 aromatic carbocycles. The molecule has 1 fully saturated rings. The molecule has 1 heterocycles. The lowest BCUT2D eigenvalue weighted by Crippen LogP contribution is -2.63. The van der Waals surface area contributed by atoms with Crippen LogP contribution in [-0.4, -0.2) is 238 Å². The highest BCUT2D eigenvalue weighted by molar-refractivity contribution is 5.99. The van der Waals surface area contributed by atoms with Crippen LogP contribution in [0, 0.1) is 41.4 Å². The number of carbonyl (C=O) groups excluding carboxylic acids is 11. The lowest BCUT2D eigenvalue weighted by atomic mass is 9.91. The molecule has 13 atom stereocenters. The minimum atomic E-state index is -1.63. The molecule has 0 radical (unpaired) electrons. The predicted molar refractivity (Wildman–Crippen MR) is 325 cm³/mol. The summed E-state index contributed by atoms with van der Waals surface area (Å²) in [5, 5.41) is 33.3. The minimum Gasteiger partial charge on any atom is -0.396 e. The van der Waals surface area contributed by atoms with E-state index < -0.39 is 168 Å². The van der Waals surface area contributed by atoms with Crippen molar-refractivity contribution in [2.24, 2.45) is 41.4 Å². The zero-order chi connectivity index (χ0) is 66.0. The summed E-state index contributed by atoms with van der Waals surface area (Å²) in [4.78, 5) is 168. The van der Waals surface area contributed by atoms with E-state index >= 15 is 9.59 Å². The van der Waals surface area contributed by atoms with Crippen LogP contribution in [0.3, 0.4) is 0 Å². The number of rotatable bonds is 15. The highest BCUT2D eigenvalue weighted by atomic mass is 16.3.